The van der Waals surface area contributed by atoms with Crippen molar-refractivity contribution in [1.82, 2.24) is 0 Å². The summed E-state index contributed by atoms with van der Waals surface area (Å²) in [6.07, 6.45) is 1.28. The van der Waals surface area contributed by atoms with E-state index < -0.39 is 0 Å². The lowest BCUT2D eigenvalue weighted by Crippen LogP contribution is -1.96. The van der Waals surface area contributed by atoms with E-state index in [1.165, 1.54) is 12.1 Å². The number of nitriles is 1. The number of nitrogens with zero attached hydrogens (tertiary/aromatic N) is 1. The van der Waals surface area contributed by atoms with Crippen LogP contribution in [0.2, 0.25) is 0 Å². The normalized spacial score (nSPS) is 8.92. The molecule has 64 valence electrons. The molecule has 0 amide bonds. The van der Waals surface area contributed by atoms with Gasteiger partial charge < -0.3 is 0 Å². The molecule has 3 nitrogen and oxygen atoms in total. The minimum Gasteiger partial charge on any atom is -0.298 e. The molecule has 0 unspecified atom stereocenters. The second-order valence-corrected chi connectivity index (χ2v) is 2.59. The first-order valence-corrected chi connectivity index (χ1v) is 3.68. The fourth-order valence-corrected chi connectivity index (χ4v) is 1.12. The first kappa shape index (κ1) is 9.14. The van der Waals surface area contributed by atoms with Crippen LogP contribution in [0.1, 0.15) is 31.8 Å². The molecule has 0 spiro atoms. The number of hydrogen-bond acceptors (Lipinski definition) is 3. The number of carbonyl (C=O) groups is 2. The summed E-state index contributed by atoms with van der Waals surface area (Å²) in [6.45, 7) is 1.65. The molecule has 0 heterocycles. The molecule has 3 heteroatoms. The summed E-state index contributed by atoms with van der Waals surface area (Å²) in [5.41, 5.74) is 1.61. The van der Waals surface area contributed by atoms with Crippen molar-refractivity contribution in [2.24, 2.45) is 0 Å². The van der Waals surface area contributed by atoms with Crippen molar-refractivity contribution >= 4 is 12.6 Å². The van der Waals surface area contributed by atoms with E-state index in [2.05, 4.69) is 0 Å². The van der Waals surface area contributed by atoms with E-state index >= 15 is 0 Å². The van der Waals surface area contributed by atoms with Gasteiger partial charge >= 0.3 is 0 Å². The van der Waals surface area contributed by atoms with Crippen molar-refractivity contribution in [2.75, 3.05) is 0 Å². The van der Waals surface area contributed by atoms with Crippen LogP contribution in [0.15, 0.2) is 12.1 Å². The summed E-state index contributed by atoms with van der Waals surface area (Å²) in [7, 11) is 0. The molecule has 13 heavy (non-hydrogen) atoms. The molecule has 0 radical (unpaired) electrons. The Balaban J connectivity index is 3.51. The van der Waals surface area contributed by atoms with Crippen LogP contribution in [-0.2, 0) is 0 Å². The van der Waals surface area contributed by atoms with Gasteiger partial charge in [0.05, 0.1) is 5.56 Å². The van der Waals surface area contributed by atoms with Crippen LogP contribution in [0, 0.1) is 18.3 Å². The smallest absolute Gasteiger partial charge is 0.151 e. The van der Waals surface area contributed by atoms with E-state index in [0.29, 0.717) is 29.3 Å². The van der Waals surface area contributed by atoms with E-state index in [4.69, 9.17) is 5.26 Å². The highest BCUT2D eigenvalue weighted by molar-refractivity contribution is 5.85. The fourth-order valence-electron chi connectivity index (χ4n) is 1.12. The molecule has 0 aliphatic heterocycles. The molecule has 0 saturated carbocycles. The van der Waals surface area contributed by atoms with Gasteiger partial charge in [0, 0.05) is 11.1 Å². The Kier molecular flexibility index (Phi) is 2.56. The Morgan fingerprint density at radius 2 is 1.77 bits per heavy atom. The topological polar surface area (TPSA) is 57.9 Å². The van der Waals surface area contributed by atoms with Crippen LogP contribution in [0.4, 0.5) is 0 Å². The maximum atomic E-state index is 10.5. The minimum absolute atomic E-state index is 0.277. The van der Waals surface area contributed by atoms with Crippen LogP contribution in [0.3, 0.4) is 0 Å². The maximum absolute atomic E-state index is 10.5. The number of rotatable bonds is 2. The molecule has 0 saturated heterocycles. The summed E-state index contributed by atoms with van der Waals surface area (Å²) in [5, 5.41) is 8.73. The molecular weight excluding hydrogens is 166 g/mol. The SMILES string of the molecule is Cc1c(C=O)ccc(C=O)c1C#N. The Morgan fingerprint density at radius 3 is 2.23 bits per heavy atom. The molecule has 0 atom stereocenters. The minimum atomic E-state index is 0.277. The van der Waals surface area contributed by atoms with Crippen molar-refractivity contribution in [3.8, 4) is 6.07 Å². The lowest BCUT2D eigenvalue weighted by molar-refractivity contribution is 0.111. The fraction of sp³-hybridized carbons (Fsp3) is 0.100. The largest absolute Gasteiger partial charge is 0.298 e. The summed E-state index contributed by atoms with van der Waals surface area (Å²) in [5.74, 6) is 0. The van der Waals surface area contributed by atoms with E-state index in [1.54, 1.807) is 6.92 Å². The molecule has 0 bridgehead atoms. The average molecular weight is 173 g/mol. The van der Waals surface area contributed by atoms with E-state index in [0.717, 1.165) is 0 Å². The van der Waals surface area contributed by atoms with Gasteiger partial charge in [0.25, 0.3) is 0 Å². The summed E-state index contributed by atoms with van der Waals surface area (Å²) >= 11 is 0. The quantitative estimate of drug-likeness (QED) is 0.636. The van der Waals surface area contributed by atoms with Gasteiger partial charge in [0.1, 0.15) is 12.4 Å². The second kappa shape index (κ2) is 3.63. The molecular formula is C10H7NO2. The van der Waals surface area contributed by atoms with Crippen LogP contribution >= 0.6 is 0 Å². The maximum Gasteiger partial charge on any atom is 0.151 e. The zero-order valence-corrected chi connectivity index (χ0v) is 7.07. The van der Waals surface area contributed by atoms with Crippen LogP contribution in [0.25, 0.3) is 0 Å². The van der Waals surface area contributed by atoms with Crippen LogP contribution in [0.5, 0.6) is 0 Å². The van der Waals surface area contributed by atoms with Crippen LogP contribution in [-0.4, -0.2) is 12.6 Å². The summed E-state index contributed by atoms with van der Waals surface area (Å²) in [6, 6.07) is 4.91. The average Bonchev–Trinajstić information content (AvgIpc) is 2.17. The predicted molar refractivity (Wildman–Crippen MR) is 46.7 cm³/mol. The first-order valence-electron chi connectivity index (χ1n) is 3.68. The standard InChI is InChI=1S/C10H7NO2/c1-7-8(5-12)2-3-9(6-13)10(7)4-11/h2-3,5-6H,1H3. The summed E-state index contributed by atoms with van der Waals surface area (Å²) < 4.78 is 0. The monoisotopic (exact) mass is 173 g/mol. The van der Waals surface area contributed by atoms with Crippen molar-refractivity contribution < 1.29 is 9.59 Å². The van der Waals surface area contributed by atoms with Gasteiger partial charge in [-0.2, -0.15) is 5.26 Å². The Labute approximate surface area is 75.6 Å². The van der Waals surface area contributed by atoms with Crippen molar-refractivity contribution in [3.63, 3.8) is 0 Å². The predicted octanol–water partition coefficient (Wildman–Crippen LogP) is 1.49. The summed E-state index contributed by atoms with van der Waals surface area (Å²) in [4.78, 5) is 21.0. The van der Waals surface area contributed by atoms with Gasteiger partial charge in [-0.3, -0.25) is 9.59 Å². The molecule has 0 aliphatic carbocycles. The zero-order valence-electron chi connectivity index (χ0n) is 7.07. The molecule has 1 rings (SSSR count). The highest BCUT2D eigenvalue weighted by atomic mass is 16.1. The molecule has 1 aromatic rings. The van der Waals surface area contributed by atoms with E-state index in [9.17, 15) is 9.59 Å². The molecule has 0 aromatic heterocycles. The lowest BCUT2D eigenvalue weighted by Gasteiger charge is -2.02. The third-order valence-corrected chi connectivity index (χ3v) is 1.90. The molecule has 0 N–H and O–H groups in total. The van der Waals surface area contributed by atoms with Gasteiger partial charge in [-0.25, -0.2) is 0 Å². The molecule has 1 aromatic carbocycles. The molecule has 0 aliphatic rings. The van der Waals surface area contributed by atoms with Gasteiger partial charge in [0.2, 0.25) is 0 Å². The Morgan fingerprint density at radius 1 is 1.23 bits per heavy atom. The number of benzene rings is 1. The third-order valence-electron chi connectivity index (χ3n) is 1.90. The van der Waals surface area contributed by atoms with Gasteiger partial charge in [0.15, 0.2) is 6.29 Å². The number of aldehydes is 2. The Hall–Kier alpha value is -1.95. The van der Waals surface area contributed by atoms with E-state index in [-0.39, 0.29) is 5.56 Å². The van der Waals surface area contributed by atoms with Crippen molar-refractivity contribution in [2.45, 2.75) is 6.92 Å². The zero-order chi connectivity index (χ0) is 9.84. The number of hydrogen-bond donors (Lipinski definition) is 0. The Bertz CT molecular complexity index is 402. The van der Waals surface area contributed by atoms with Gasteiger partial charge in [-0.05, 0) is 18.6 Å². The van der Waals surface area contributed by atoms with Crippen molar-refractivity contribution in [1.29, 1.82) is 5.26 Å². The van der Waals surface area contributed by atoms with E-state index in [1.807, 2.05) is 6.07 Å². The highest BCUT2D eigenvalue weighted by Crippen LogP contribution is 2.14. The number of carbonyl (C=O) groups excluding carboxylic acids is 2. The molecule has 0 fully saturated rings. The lowest BCUT2D eigenvalue weighted by atomic mass is 9.99. The van der Waals surface area contributed by atoms with Gasteiger partial charge in [-0.15, -0.1) is 0 Å². The first-order chi connectivity index (χ1) is 6.24. The van der Waals surface area contributed by atoms with Crippen LogP contribution < -0.4 is 0 Å². The highest BCUT2D eigenvalue weighted by Gasteiger charge is 2.07. The van der Waals surface area contributed by atoms with Crippen molar-refractivity contribution in [3.05, 3.63) is 34.4 Å². The van der Waals surface area contributed by atoms with Gasteiger partial charge in [-0.1, -0.05) is 6.07 Å². The third kappa shape index (κ3) is 1.47. The second-order valence-electron chi connectivity index (χ2n) is 2.59.